The number of imide groups is 1. The summed E-state index contributed by atoms with van der Waals surface area (Å²) in [6, 6.07) is 16.7. The number of ether oxygens (including phenoxy) is 1. The number of nitrogens with zero attached hydrogens (tertiary/aromatic N) is 1. The summed E-state index contributed by atoms with van der Waals surface area (Å²) in [6.07, 6.45) is 1.44. The second-order valence-corrected chi connectivity index (χ2v) is 6.03. The summed E-state index contributed by atoms with van der Waals surface area (Å²) in [7, 11) is 0. The summed E-state index contributed by atoms with van der Waals surface area (Å²) in [5, 5.41) is 2.75. The first-order chi connectivity index (χ1) is 12.2. The van der Waals surface area contributed by atoms with Crippen LogP contribution in [0.2, 0.25) is 0 Å². The van der Waals surface area contributed by atoms with Crippen LogP contribution in [-0.4, -0.2) is 36.0 Å². The van der Waals surface area contributed by atoms with Crippen molar-refractivity contribution in [2.24, 2.45) is 0 Å². The molecule has 0 aromatic heterocycles. The Bertz CT molecular complexity index is 746. The summed E-state index contributed by atoms with van der Waals surface area (Å²) in [5.41, 5.74) is 2.21. The Kier molecular flexibility index (Phi) is 5.33. The molecular weight excluding hydrogens is 316 g/mol. The first kappa shape index (κ1) is 17.0. The Morgan fingerprint density at radius 1 is 1.04 bits per heavy atom. The molecule has 0 bridgehead atoms. The molecule has 0 aliphatic carbocycles. The minimum Gasteiger partial charge on any atom is -0.492 e. The summed E-state index contributed by atoms with van der Waals surface area (Å²) in [6.45, 7) is 2.61. The SMILES string of the molecule is CCc1cccc(OCCN2C(=O)NC(Cc3ccccc3)C2=O)c1. The number of urea groups is 1. The van der Waals surface area contributed by atoms with Crippen molar-refractivity contribution in [2.75, 3.05) is 13.2 Å². The first-order valence-electron chi connectivity index (χ1n) is 8.55. The lowest BCUT2D eigenvalue weighted by Crippen LogP contribution is -2.35. The third kappa shape index (κ3) is 4.18. The van der Waals surface area contributed by atoms with Crippen molar-refractivity contribution >= 4 is 11.9 Å². The van der Waals surface area contributed by atoms with Crippen LogP contribution in [0.5, 0.6) is 5.75 Å². The molecule has 130 valence electrons. The Labute approximate surface area is 147 Å². The number of benzene rings is 2. The van der Waals surface area contributed by atoms with Gasteiger partial charge in [-0.1, -0.05) is 49.4 Å². The molecule has 1 fully saturated rings. The third-order valence-electron chi connectivity index (χ3n) is 4.28. The second kappa shape index (κ2) is 7.83. The van der Waals surface area contributed by atoms with Crippen LogP contribution in [-0.2, 0) is 17.6 Å². The van der Waals surface area contributed by atoms with Crippen molar-refractivity contribution in [3.05, 3.63) is 65.7 Å². The summed E-state index contributed by atoms with van der Waals surface area (Å²) in [4.78, 5) is 25.8. The first-order valence-corrected chi connectivity index (χ1v) is 8.55. The topological polar surface area (TPSA) is 58.6 Å². The fourth-order valence-corrected chi connectivity index (χ4v) is 2.89. The van der Waals surface area contributed by atoms with E-state index < -0.39 is 6.04 Å². The maximum Gasteiger partial charge on any atom is 0.324 e. The molecule has 1 unspecified atom stereocenters. The molecule has 0 saturated carbocycles. The van der Waals surface area contributed by atoms with Crippen LogP contribution in [0.3, 0.4) is 0 Å². The Balaban J connectivity index is 1.54. The number of hydrogen-bond donors (Lipinski definition) is 1. The Hall–Kier alpha value is -2.82. The predicted molar refractivity (Wildman–Crippen MR) is 95.5 cm³/mol. The summed E-state index contributed by atoms with van der Waals surface area (Å²) in [5.74, 6) is 0.562. The van der Waals surface area contributed by atoms with Crippen molar-refractivity contribution in [3.8, 4) is 5.75 Å². The summed E-state index contributed by atoms with van der Waals surface area (Å²) < 4.78 is 5.69. The number of carbonyl (C=O) groups excluding carboxylic acids is 2. The fourth-order valence-electron chi connectivity index (χ4n) is 2.89. The molecule has 1 aliphatic heterocycles. The van der Waals surface area contributed by atoms with Gasteiger partial charge in [0.15, 0.2) is 0 Å². The van der Waals surface area contributed by atoms with Crippen LogP contribution >= 0.6 is 0 Å². The third-order valence-corrected chi connectivity index (χ3v) is 4.28. The average molecular weight is 338 g/mol. The van der Waals surface area contributed by atoms with Crippen molar-refractivity contribution in [1.82, 2.24) is 10.2 Å². The van der Waals surface area contributed by atoms with Gasteiger partial charge in [0.25, 0.3) is 5.91 Å². The van der Waals surface area contributed by atoms with E-state index in [0.717, 1.165) is 17.7 Å². The monoisotopic (exact) mass is 338 g/mol. The van der Waals surface area contributed by atoms with Gasteiger partial charge in [-0.25, -0.2) is 4.79 Å². The normalized spacial score (nSPS) is 16.8. The van der Waals surface area contributed by atoms with Gasteiger partial charge in [-0.3, -0.25) is 9.69 Å². The molecule has 5 heteroatoms. The lowest BCUT2D eigenvalue weighted by molar-refractivity contribution is -0.127. The van der Waals surface area contributed by atoms with Crippen molar-refractivity contribution in [2.45, 2.75) is 25.8 Å². The van der Waals surface area contributed by atoms with E-state index in [0.29, 0.717) is 6.42 Å². The van der Waals surface area contributed by atoms with Crippen molar-refractivity contribution < 1.29 is 14.3 Å². The standard InChI is InChI=1S/C20H22N2O3/c1-2-15-9-6-10-17(13-15)25-12-11-22-19(23)18(21-20(22)24)14-16-7-4-3-5-8-16/h3-10,13,18H,2,11-12,14H2,1H3,(H,21,24). The lowest BCUT2D eigenvalue weighted by atomic mass is 10.1. The van der Waals surface area contributed by atoms with Crippen LogP contribution in [0.25, 0.3) is 0 Å². The maximum atomic E-state index is 12.5. The fraction of sp³-hybridized carbons (Fsp3) is 0.300. The molecule has 3 amide bonds. The van der Waals surface area contributed by atoms with Gasteiger partial charge in [0.2, 0.25) is 0 Å². The van der Waals surface area contributed by atoms with E-state index >= 15 is 0 Å². The smallest absolute Gasteiger partial charge is 0.324 e. The van der Waals surface area contributed by atoms with E-state index in [4.69, 9.17) is 4.74 Å². The van der Waals surface area contributed by atoms with Gasteiger partial charge < -0.3 is 10.1 Å². The van der Waals surface area contributed by atoms with Crippen LogP contribution in [0.1, 0.15) is 18.1 Å². The zero-order valence-electron chi connectivity index (χ0n) is 14.3. The maximum absolute atomic E-state index is 12.5. The van der Waals surface area contributed by atoms with Crippen LogP contribution in [0.4, 0.5) is 4.79 Å². The average Bonchev–Trinajstić information content (AvgIpc) is 2.90. The largest absolute Gasteiger partial charge is 0.492 e. The molecule has 1 heterocycles. The van der Waals surface area contributed by atoms with Crippen LogP contribution < -0.4 is 10.1 Å². The van der Waals surface area contributed by atoms with E-state index in [9.17, 15) is 9.59 Å². The van der Waals surface area contributed by atoms with Crippen molar-refractivity contribution in [1.29, 1.82) is 0 Å². The predicted octanol–water partition coefficient (Wildman–Crippen LogP) is 2.79. The highest BCUT2D eigenvalue weighted by Gasteiger charge is 2.37. The highest BCUT2D eigenvalue weighted by molar-refractivity contribution is 6.04. The Morgan fingerprint density at radius 3 is 2.56 bits per heavy atom. The molecule has 1 aliphatic rings. The van der Waals surface area contributed by atoms with Crippen LogP contribution in [0, 0.1) is 0 Å². The van der Waals surface area contributed by atoms with E-state index in [-0.39, 0.29) is 25.1 Å². The van der Waals surface area contributed by atoms with Gasteiger partial charge >= 0.3 is 6.03 Å². The quantitative estimate of drug-likeness (QED) is 0.790. The molecule has 2 aromatic carbocycles. The van der Waals surface area contributed by atoms with Gasteiger partial charge in [0.05, 0.1) is 6.54 Å². The molecule has 5 nitrogen and oxygen atoms in total. The molecule has 0 radical (unpaired) electrons. The number of carbonyl (C=O) groups is 2. The van der Waals surface area contributed by atoms with E-state index in [1.807, 2.05) is 54.6 Å². The molecule has 3 rings (SSSR count). The highest BCUT2D eigenvalue weighted by Crippen LogP contribution is 2.15. The molecule has 1 saturated heterocycles. The molecule has 1 atom stereocenters. The Morgan fingerprint density at radius 2 is 1.80 bits per heavy atom. The van der Waals surface area contributed by atoms with Gasteiger partial charge in [0.1, 0.15) is 18.4 Å². The van der Waals surface area contributed by atoms with Gasteiger partial charge in [0, 0.05) is 6.42 Å². The molecule has 25 heavy (non-hydrogen) atoms. The highest BCUT2D eigenvalue weighted by atomic mass is 16.5. The van der Waals surface area contributed by atoms with E-state index in [1.165, 1.54) is 10.5 Å². The molecular formula is C20H22N2O3. The summed E-state index contributed by atoms with van der Waals surface area (Å²) >= 11 is 0. The number of amides is 3. The number of hydrogen-bond acceptors (Lipinski definition) is 3. The van der Waals surface area contributed by atoms with Gasteiger partial charge in [-0.2, -0.15) is 0 Å². The minimum absolute atomic E-state index is 0.195. The second-order valence-electron chi connectivity index (χ2n) is 6.03. The molecule has 1 N–H and O–H groups in total. The number of nitrogens with one attached hydrogen (secondary N) is 1. The van der Waals surface area contributed by atoms with Crippen LogP contribution in [0.15, 0.2) is 54.6 Å². The number of aryl methyl sites for hydroxylation is 1. The minimum atomic E-state index is -0.502. The number of rotatable bonds is 7. The van der Waals surface area contributed by atoms with E-state index in [1.54, 1.807) is 0 Å². The molecule has 0 spiro atoms. The molecule has 2 aromatic rings. The zero-order valence-corrected chi connectivity index (χ0v) is 14.3. The van der Waals surface area contributed by atoms with Crippen molar-refractivity contribution in [3.63, 3.8) is 0 Å². The zero-order chi connectivity index (χ0) is 17.6. The van der Waals surface area contributed by atoms with E-state index in [2.05, 4.69) is 12.2 Å². The van der Waals surface area contributed by atoms with Gasteiger partial charge in [-0.15, -0.1) is 0 Å². The van der Waals surface area contributed by atoms with Gasteiger partial charge in [-0.05, 0) is 29.7 Å². The lowest BCUT2D eigenvalue weighted by Gasteiger charge is -2.14.